The molecule has 4 N–H and O–H groups in total. The lowest BCUT2D eigenvalue weighted by atomic mass is 10.0. The molecule has 0 atom stereocenters. The molecule has 9 heteroatoms. The van der Waals surface area contributed by atoms with Crippen LogP contribution in [0.15, 0.2) is 75.1 Å². The van der Waals surface area contributed by atoms with Crippen LogP contribution in [0.4, 0.5) is 10.2 Å². The first-order valence-corrected chi connectivity index (χ1v) is 10.5. The van der Waals surface area contributed by atoms with Crippen LogP contribution < -0.4 is 11.1 Å². The standard InChI is InChI=1S/C23H26ClFN6O/c1-15(24)11-18(23(29-14-32)31-9-7-28-8-10-31)22(27-2)19(25)13-20-17-6-4-3-5-16(17)12-21(26)30-20/h3-6,11-12,28,32H,1-2,7-10,13-14H2,(H2,26,30)/b18-11+,22-19-,29-23+. The number of aromatic nitrogens is 1. The normalized spacial score (nSPS) is 16.2. The average Bonchev–Trinajstić information content (AvgIpc) is 2.77. The zero-order valence-electron chi connectivity index (χ0n) is 17.7. The van der Waals surface area contributed by atoms with Gasteiger partial charge in [0, 0.05) is 48.6 Å². The Labute approximate surface area is 191 Å². The van der Waals surface area contributed by atoms with Crippen LogP contribution in [-0.4, -0.2) is 60.5 Å². The van der Waals surface area contributed by atoms with Crippen LogP contribution >= 0.6 is 11.6 Å². The molecule has 2 aromatic rings. The molecule has 0 saturated carbocycles. The van der Waals surface area contributed by atoms with Gasteiger partial charge in [-0.1, -0.05) is 42.4 Å². The van der Waals surface area contributed by atoms with Gasteiger partial charge >= 0.3 is 0 Å². The van der Waals surface area contributed by atoms with E-state index in [1.54, 1.807) is 6.07 Å². The van der Waals surface area contributed by atoms with Crippen molar-refractivity contribution in [3.63, 3.8) is 0 Å². The fourth-order valence-corrected chi connectivity index (χ4v) is 3.78. The molecule has 1 aromatic heterocycles. The molecule has 0 radical (unpaired) electrons. The highest BCUT2D eigenvalue weighted by Crippen LogP contribution is 2.28. The number of allylic oxidation sites excluding steroid dienone is 3. The highest BCUT2D eigenvalue weighted by atomic mass is 35.5. The van der Waals surface area contributed by atoms with Crippen molar-refractivity contribution < 1.29 is 9.50 Å². The molecule has 2 heterocycles. The number of benzene rings is 1. The third-order valence-corrected chi connectivity index (χ3v) is 5.12. The van der Waals surface area contributed by atoms with Gasteiger partial charge in [-0.15, -0.1) is 0 Å². The van der Waals surface area contributed by atoms with Crippen LogP contribution in [0.5, 0.6) is 0 Å². The van der Waals surface area contributed by atoms with Crippen molar-refractivity contribution in [1.29, 1.82) is 0 Å². The number of nitrogens with two attached hydrogens (primary N) is 1. The van der Waals surface area contributed by atoms with Gasteiger partial charge in [-0.25, -0.2) is 14.4 Å². The van der Waals surface area contributed by atoms with E-state index in [1.165, 1.54) is 6.08 Å². The molecule has 1 aromatic carbocycles. The fraction of sp³-hybridized carbons (Fsp3) is 0.261. The summed E-state index contributed by atoms with van der Waals surface area (Å²) in [6.45, 7) is 9.49. The zero-order chi connectivity index (χ0) is 23.1. The summed E-state index contributed by atoms with van der Waals surface area (Å²) in [5.74, 6) is 0.0970. The van der Waals surface area contributed by atoms with Crippen molar-refractivity contribution in [3.8, 4) is 0 Å². The number of hydrogen-bond acceptors (Lipinski definition) is 6. The second-order valence-electron chi connectivity index (χ2n) is 7.17. The Balaban J connectivity index is 2.09. The number of nitrogens with one attached hydrogen (secondary N) is 1. The number of fused-ring (bicyclic) bond motifs is 1. The Bertz CT molecular complexity index is 1100. The Morgan fingerprint density at radius 2 is 2.06 bits per heavy atom. The van der Waals surface area contributed by atoms with Gasteiger partial charge in [-0.05, 0) is 24.2 Å². The number of halogens is 2. The maximum atomic E-state index is 15.7. The van der Waals surface area contributed by atoms with E-state index in [1.807, 2.05) is 29.2 Å². The van der Waals surface area contributed by atoms with Crippen LogP contribution in [-0.2, 0) is 6.42 Å². The monoisotopic (exact) mass is 456 g/mol. The summed E-state index contributed by atoms with van der Waals surface area (Å²) in [4.78, 5) is 14.4. The summed E-state index contributed by atoms with van der Waals surface area (Å²) in [6, 6.07) is 9.24. The number of aliphatic imine (C=N–C) groups is 2. The number of pyridine rings is 1. The van der Waals surface area contributed by atoms with E-state index in [-0.39, 0.29) is 17.2 Å². The topological polar surface area (TPSA) is 99.1 Å². The third kappa shape index (κ3) is 5.59. The van der Waals surface area contributed by atoms with Crippen LogP contribution in [0.1, 0.15) is 5.69 Å². The van der Waals surface area contributed by atoms with Gasteiger partial charge in [0.15, 0.2) is 0 Å². The van der Waals surface area contributed by atoms with Crippen LogP contribution in [0, 0.1) is 0 Å². The zero-order valence-corrected chi connectivity index (χ0v) is 18.4. The first-order valence-electron chi connectivity index (χ1n) is 10.1. The number of amidine groups is 1. The lowest BCUT2D eigenvalue weighted by Crippen LogP contribution is -2.47. The van der Waals surface area contributed by atoms with Crippen LogP contribution in [0.3, 0.4) is 0 Å². The minimum atomic E-state index is -0.576. The lowest BCUT2D eigenvalue weighted by molar-refractivity contribution is 0.300. The van der Waals surface area contributed by atoms with Gasteiger partial charge in [-0.2, -0.15) is 0 Å². The predicted molar refractivity (Wildman–Crippen MR) is 130 cm³/mol. The maximum Gasteiger partial charge on any atom is 0.136 e. The number of nitrogen functional groups attached to an aromatic ring is 1. The first kappa shape index (κ1) is 23.6. The Morgan fingerprint density at radius 1 is 1.34 bits per heavy atom. The van der Waals surface area contributed by atoms with Crippen molar-refractivity contribution in [1.82, 2.24) is 15.2 Å². The SMILES string of the molecule is C=NC(=C(\F)Cc1nc(N)cc2ccccc12)/C(=C\C(=C)Cl)C(=N\CO)/N1CCNCC1. The van der Waals surface area contributed by atoms with E-state index in [0.29, 0.717) is 36.0 Å². The summed E-state index contributed by atoms with van der Waals surface area (Å²) in [5.41, 5.74) is 6.67. The lowest BCUT2D eigenvalue weighted by Gasteiger charge is -2.31. The summed E-state index contributed by atoms with van der Waals surface area (Å²) >= 11 is 6.07. The molecule has 3 rings (SSSR count). The molecule has 7 nitrogen and oxygen atoms in total. The van der Waals surface area contributed by atoms with Crippen molar-refractivity contribution >= 4 is 40.7 Å². The number of aliphatic hydroxyl groups is 1. The van der Waals surface area contributed by atoms with Gasteiger partial charge in [-0.3, -0.25) is 4.99 Å². The molecule has 0 unspecified atom stereocenters. The van der Waals surface area contributed by atoms with Gasteiger partial charge in [0.1, 0.15) is 29.9 Å². The van der Waals surface area contributed by atoms with Gasteiger partial charge in [0.2, 0.25) is 0 Å². The van der Waals surface area contributed by atoms with E-state index in [9.17, 15) is 5.11 Å². The van der Waals surface area contributed by atoms with Crippen molar-refractivity contribution in [2.45, 2.75) is 6.42 Å². The first-order chi connectivity index (χ1) is 15.4. The van der Waals surface area contributed by atoms with E-state index >= 15 is 4.39 Å². The van der Waals surface area contributed by atoms with E-state index in [2.05, 4.69) is 33.6 Å². The van der Waals surface area contributed by atoms with Crippen molar-refractivity contribution in [2.75, 3.05) is 38.6 Å². The second-order valence-corrected chi connectivity index (χ2v) is 7.65. The minimum absolute atomic E-state index is 0.0363. The minimum Gasteiger partial charge on any atom is -0.384 e. The summed E-state index contributed by atoms with van der Waals surface area (Å²) in [6.07, 6.45) is 1.33. The number of piperazine rings is 1. The molecule has 1 fully saturated rings. The molecule has 1 aliphatic heterocycles. The highest BCUT2D eigenvalue weighted by molar-refractivity contribution is 6.31. The molecular weight excluding hydrogens is 431 g/mol. The Hall–Kier alpha value is -3.07. The average molecular weight is 457 g/mol. The predicted octanol–water partition coefficient (Wildman–Crippen LogP) is 3.17. The largest absolute Gasteiger partial charge is 0.384 e. The molecule has 0 aliphatic carbocycles. The number of aliphatic hydroxyl groups excluding tert-OH is 1. The van der Waals surface area contributed by atoms with E-state index in [0.717, 1.165) is 23.9 Å². The second kappa shape index (κ2) is 11.0. The number of nitrogens with zero attached hydrogens (tertiary/aromatic N) is 4. The Morgan fingerprint density at radius 3 is 2.72 bits per heavy atom. The molecule has 168 valence electrons. The highest BCUT2D eigenvalue weighted by Gasteiger charge is 2.24. The fourth-order valence-electron chi connectivity index (χ4n) is 3.67. The quantitative estimate of drug-likeness (QED) is 0.337. The molecule has 32 heavy (non-hydrogen) atoms. The van der Waals surface area contributed by atoms with E-state index < -0.39 is 12.6 Å². The molecule has 0 spiro atoms. The summed E-state index contributed by atoms with van der Waals surface area (Å²) in [7, 11) is 0. The number of hydrogen-bond donors (Lipinski definition) is 3. The smallest absolute Gasteiger partial charge is 0.136 e. The van der Waals surface area contributed by atoms with Crippen molar-refractivity contribution in [2.24, 2.45) is 9.98 Å². The molecule has 0 bridgehead atoms. The molecule has 1 saturated heterocycles. The maximum absolute atomic E-state index is 15.7. The third-order valence-electron chi connectivity index (χ3n) is 5.01. The molecule has 0 amide bonds. The number of rotatable bonds is 7. The van der Waals surface area contributed by atoms with Gasteiger partial charge < -0.3 is 21.1 Å². The van der Waals surface area contributed by atoms with Crippen LogP contribution in [0.25, 0.3) is 10.8 Å². The van der Waals surface area contributed by atoms with Gasteiger partial charge in [0.05, 0.1) is 5.69 Å². The summed E-state index contributed by atoms with van der Waals surface area (Å²) in [5, 5.41) is 14.6. The summed E-state index contributed by atoms with van der Waals surface area (Å²) < 4.78 is 15.7. The molecule has 1 aliphatic rings. The van der Waals surface area contributed by atoms with Crippen molar-refractivity contribution in [3.05, 3.63) is 70.8 Å². The number of anilines is 1. The Kier molecular flexibility index (Phi) is 8.10. The molecular formula is C23H26ClFN6O. The van der Waals surface area contributed by atoms with Gasteiger partial charge in [0.25, 0.3) is 0 Å². The van der Waals surface area contributed by atoms with E-state index in [4.69, 9.17) is 17.3 Å². The van der Waals surface area contributed by atoms with Crippen LogP contribution in [0.2, 0.25) is 0 Å².